The van der Waals surface area contributed by atoms with Crippen molar-refractivity contribution in [3.8, 4) is 0 Å². The molecule has 1 saturated heterocycles. The highest BCUT2D eigenvalue weighted by Crippen LogP contribution is 2.26. The molecule has 2 heterocycles. The van der Waals surface area contributed by atoms with E-state index in [4.69, 9.17) is 4.42 Å². The van der Waals surface area contributed by atoms with Gasteiger partial charge in [0.05, 0.1) is 6.26 Å². The van der Waals surface area contributed by atoms with Crippen LogP contribution in [0.15, 0.2) is 47.1 Å². The molecule has 7 heteroatoms. The standard InChI is InChI=1S/C21H25N3O4/c1-3-15(2)16-7-4-5-8-17(16)22-19(25)21(27)24-12-10-23(11-13-24)20(26)18-9-6-14-28-18/h4-9,14-15H,3,10-13H2,1-2H3,(H,22,25). The number of piperazine rings is 1. The molecule has 1 aliphatic heterocycles. The van der Waals surface area contributed by atoms with Crippen molar-refractivity contribution in [1.82, 2.24) is 9.80 Å². The Morgan fingerprint density at radius 1 is 1.04 bits per heavy atom. The third kappa shape index (κ3) is 4.24. The van der Waals surface area contributed by atoms with Gasteiger partial charge in [0, 0.05) is 31.9 Å². The summed E-state index contributed by atoms with van der Waals surface area (Å²) in [4.78, 5) is 40.4. The summed E-state index contributed by atoms with van der Waals surface area (Å²) in [5.41, 5.74) is 1.68. The molecule has 3 rings (SSSR count). The van der Waals surface area contributed by atoms with E-state index in [-0.39, 0.29) is 17.6 Å². The second-order valence-electron chi connectivity index (χ2n) is 6.91. The van der Waals surface area contributed by atoms with Crippen molar-refractivity contribution in [2.45, 2.75) is 26.2 Å². The van der Waals surface area contributed by atoms with Crippen LogP contribution < -0.4 is 5.32 Å². The zero-order valence-corrected chi connectivity index (χ0v) is 16.2. The molecular formula is C21H25N3O4. The highest BCUT2D eigenvalue weighted by molar-refractivity contribution is 6.39. The van der Waals surface area contributed by atoms with Crippen LogP contribution in [0, 0.1) is 0 Å². The van der Waals surface area contributed by atoms with Crippen molar-refractivity contribution in [2.75, 3.05) is 31.5 Å². The molecule has 1 aromatic heterocycles. The Hall–Kier alpha value is -3.09. The quantitative estimate of drug-likeness (QED) is 0.823. The summed E-state index contributed by atoms with van der Waals surface area (Å²) < 4.78 is 5.13. The molecule has 1 unspecified atom stereocenters. The Morgan fingerprint density at radius 3 is 2.36 bits per heavy atom. The van der Waals surface area contributed by atoms with Crippen molar-refractivity contribution in [1.29, 1.82) is 0 Å². The molecule has 148 valence electrons. The third-order valence-corrected chi connectivity index (χ3v) is 5.13. The molecule has 1 aromatic carbocycles. The van der Waals surface area contributed by atoms with Crippen molar-refractivity contribution < 1.29 is 18.8 Å². The Balaban J connectivity index is 1.58. The highest BCUT2D eigenvalue weighted by atomic mass is 16.3. The number of furan rings is 1. The van der Waals surface area contributed by atoms with Crippen LogP contribution in [0.1, 0.15) is 42.3 Å². The van der Waals surface area contributed by atoms with Crippen LogP contribution in [0.2, 0.25) is 0 Å². The number of amides is 3. The van der Waals surface area contributed by atoms with Gasteiger partial charge in [0.1, 0.15) is 0 Å². The van der Waals surface area contributed by atoms with E-state index in [2.05, 4.69) is 19.2 Å². The first-order valence-electron chi connectivity index (χ1n) is 9.53. The minimum absolute atomic E-state index is 0.205. The molecule has 1 aliphatic rings. The highest BCUT2D eigenvalue weighted by Gasteiger charge is 2.29. The number of nitrogens with zero attached hydrogens (tertiary/aromatic N) is 2. The zero-order chi connectivity index (χ0) is 20.1. The van der Waals surface area contributed by atoms with Crippen molar-refractivity contribution in [2.24, 2.45) is 0 Å². The molecular weight excluding hydrogens is 358 g/mol. The summed E-state index contributed by atoms with van der Waals surface area (Å²) >= 11 is 0. The van der Waals surface area contributed by atoms with E-state index >= 15 is 0 Å². The monoisotopic (exact) mass is 383 g/mol. The van der Waals surface area contributed by atoms with Gasteiger partial charge in [-0.1, -0.05) is 32.0 Å². The van der Waals surface area contributed by atoms with Crippen LogP contribution in [0.4, 0.5) is 5.69 Å². The van der Waals surface area contributed by atoms with E-state index in [1.165, 1.54) is 11.2 Å². The normalized spacial score (nSPS) is 15.2. The number of rotatable bonds is 4. The van der Waals surface area contributed by atoms with E-state index in [0.717, 1.165) is 12.0 Å². The maximum atomic E-state index is 12.6. The van der Waals surface area contributed by atoms with E-state index in [0.29, 0.717) is 31.9 Å². The lowest BCUT2D eigenvalue weighted by molar-refractivity contribution is -0.144. The predicted octanol–water partition coefficient (Wildman–Crippen LogP) is 2.72. The zero-order valence-electron chi connectivity index (χ0n) is 16.2. The number of anilines is 1. The minimum Gasteiger partial charge on any atom is -0.459 e. The summed E-state index contributed by atoms with van der Waals surface area (Å²) in [7, 11) is 0. The molecule has 0 saturated carbocycles. The smallest absolute Gasteiger partial charge is 0.313 e. The molecule has 2 aromatic rings. The number of nitrogens with one attached hydrogen (secondary N) is 1. The summed E-state index contributed by atoms with van der Waals surface area (Å²) in [5.74, 6) is -0.878. The van der Waals surface area contributed by atoms with Crippen LogP contribution in [-0.4, -0.2) is 53.7 Å². The summed E-state index contributed by atoms with van der Waals surface area (Å²) in [6.45, 7) is 5.52. The molecule has 3 amide bonds. The van der Waals surface area contributed by atoms with Gasteiger partial charge in [-0.3, -0.25) is 14.4 Å². The summed E-state index contributed by atoms with van der Waals surface area (Å²) in [5, 5.41) is 2.75. The second-order valence-corrected chi connectivity index (χ2v) is 6.91. The molecule has 28 heavy (non-hydrogen) atoms. The molecule has 0 bridgehead atoms. The van der Waals surface area contributed by atoms with Crippen molar-refractivity contribution in [3.05, 3.63) is 54.0 Å². The van der Waals surface area contributed by atoms with Crippen molar-refractivity contribution >= 4 is 23.4 Å². The predicted molar refractivity (Wildman–Crippen MR) is 105 cm³/mol. The summed E-state index contributed by atoms with van der Waals surface area (Å²) in [6.07, 6.45) is 2.39. The SMILES string of the molecule is CCC(C)c1ccccc1NC(=O)C(=O)N1CCN(C(=O)c2ccco2)CC1. The van der Waals surface area contributed by atoms with E-state index in [9.17, 15) is 14.4 Å². The van der Waals surface area contributed by atoms with Gasteiger partial charge in [0.25, 0.3) is 5.91 Å². The number of hydrogen-bond acceptors (Lipinski definition) is 4. The first-order valence-corrected chi connectivity index (χ1v) is 9.53. The van der Waals surface area contributed by atoms with Gasteiger partial charge < -0.3 is 19.5 Å². The molecule has 1 fully saturated rings. The van der Waals surface area contributed by atoms with Crippen LogP contribution in [-0.2, 0) is 9.59 Å². The van der Waals surface area contributed by atoms with Crippen LogP contribution in [0.3, 0.4) is 0 Å². The maximum Gasteiger partial charge on any atom is 0.313 e. The van der Waals surface area contributed by atoms with Crippen LogP contribution in [0.5, 0.6) is 0 Å². The first-order chi connectivity index (χ1) is 13.5. The number of para-hydroxylation sites is 1. The van der Waals surface area contributed by atoms with Crippen molar-refractivity contribution in [3.63, 3.8) is 0 Å². The average Bonchev–Trinajstić information content (AvgIpc) is 3.27. The van der Waals surface area contributed by atoms with Gasteiger partial charge >= 0.3 is 11.8 Å². The van der Waals surface area contributed by atoms with E-state index in [1.807, 2.05) is 24.3 Å². The van der Waals surface area contributed by atoms with Crippen LogP contribution >= 0.6 is 0 Å². The van der Waals surface area contributed by atoms with Gasteiger partial charge in [-0.2, -0.15) is 0 Å². The van der Waals surface area contributed by atoms with Gasteiger partial charge in [-0.25, -0.2) is 0 Å². The fraction of sp³-hybridized carbons (Fsp3) is 0.381. The van der Waals surface area contributed by atoms with Gasteiger partial charge in [-0.05, 0) is 36.1 Å². The second kappa shape index (κ2) is 8.73. The maximum absolute atomic E-state index is 12.6. The molecule has 0 spiro atoms. The lowest BCUT2D eigenvalue weighted by atomic mass is 9.97. The minimum atomic E-state index is -0.651. The first kappa shape index (κ1) is 19.7. The fourth-order valence-electron chi connectivity index (χ4n) is 3.25. The third-order valence-electron chi connectivity index (χ3n) is 5.13. The number of benzene rings is 1. The molecule has 0 aliphatic carbocycles. The Morgan fingerprint density at radius 2 is 1.71 bits per heavy atom. The number of hydrogen-bond donors (Lipinski definition) is 1. The van der Waals surface area contributed by atoms with E-state index < -0.39 is 11.8 Å². The molecule has 7 nitrogen and oxygen atoms in total. The number of carbonyl (C=O) groups excluding carboxylic acids is 3. The molecule has 0 radical (unpaired) electrons. The average molecular weight is 383 g/mol. The Labute approximate surface area is 164 Å². The lowest BCUT2D eigenvalue weighted by Crippen LogP contribution is -2.53. The Kier molecular flexibility index (Phi) is 6.13. The lowest BCUT2D eigenvalue weighted by Gasteiger charge is -2.33. The Bertz CT molecular complexity index is 839. The number of carbonyl (C=O) groups is 3. The van der Waals surface area contributed by atoms with Gasteiger partial charge in [-0.15, -0.1) is 0 Å². The fourth-order valence-corrected chi connectivity index (χ4v) is 3.25. The van der Waals surface area contributed by atoms with Crippen LogP contribution in [0.25, 0.3) is 0 Å². The van der Waals surface area contributed by atoms with E-state index in [1.54, 1.807) is 17.0 Å². The molecule has 1 atom stereocenters. The van der Waals surface area contributed by atoms with Gasteiger partial charge in [0.2, 0.25) is 0 Å². The topological polar surface area (TPSA) is 82.9 Å². The summed E-state index contributed by atoms with van der Waals surface area (Å²) in [6, 6.07) is 10.8. The molecule has 1 N–H and O–H groups in total. The largest absolute Gasteiger partial charge is 0.459 e. The van der Waals surface area contributed by atoms with Gasteiger partial charge in [0.15, 0.2) is 5.76 Å².